The number of carbonyl (C=O) groups excluding carboxylic acids is 3. The van der Waals surface area contributed by atoms with Crippen LogP contribution >= 0.6 is 0 Å². The van der Waals surface area contributed by atoms with Crippen LogP contribution < -0.4 is 0 Å². The smallest absolute Gasteiger partial charge is 0.313 e. The zero-order valence-electron chi connectivity index (χ0n) is 13.0. The van der Waals surface area contributed by atoms with Crippen LogP contribution in [0.15, 0.2) is 12.2 Å². The van der Waals surface area contributed by atoms with Gasteiger partial charge in [0.1, 0.15) is 23.6 Å². The second kappa shape index (κ2) is 9.45. The van der Waals surface area contributed by atoms with Crippen molar-refractivity contribution in [2.24, 2.45) is 0 Å². The molecular formula is C16H26O4. The molecule has 0 spiro atoms. The number of Topliss-reactive ketones (excluding diaryl/α,β-unsaturated/α-hetero) is 2. The van der Waals surface area contributed by atoms with E-state index in [1.165, 1.54) is 0 Å². The number of ether oxygens (including phenoxy) is 1. The molecule has 114 valence electrons. The molecule has 0 unspecified atom stereocenters. The fourth-order valence-corrected chi connectivity index (χ4v) is 1.61. The van der Waals surface area contributed by atoms with Gasteiger partial charge in [-0.15, -0.1) is 0 Å². The molecule has 4 nitrogen and oxygen atoms in total. The third-order valence-electron chi connectivity index (χ3n) is 2.51. The third-order valence-corrected chi connectivity index (χ3v) is 2.51. The van der Waals surface area contributed by atoms with Crippen LogP contribution in [-0.4, -0.2) is 23.1 Å². The molecule has 0 aromatic heterocycles. The number of esters is 1. The molecule has 0 radical (unpaired) electrons. The summed E-state index contributed by atoms with van der Waals surface area (Å²) < 4.78 is 5.05. The lowest BCUT2D eigenvalue weighted by molar-refractivity contribution is -0.156. The maximum absolute atomic E-state index is 11.6. The van der Waals surface area contributed by atoms with E-state index in [2.05, 4.69) is 0 Å². The van der Waals surface area contributed by atoms with Gasteiger partial charge >= 0.3 is 5.97 Å². The van der Waals surface area contributed by atoms with Crippen LogP contribution in [0.4, 0.5) is 0 Å². The third kappa shape index (κ3) is 11.6. The Labute approximate surface area is 121 Å². The number of allylic oxidation sites excluding steroid dienone is 2. The molecule has 0 fully saturated rings. The highest BCUT2D eigenvalue weighted by Crippen LogP contribution is 2.10. The fraction of sp³-hybridized carbons (Fsp3) is 0.688. The summed E-state index contributed by atoms with van der Waals surface area (Å²) in [5, 5.41) is 0. The van der Waals surface area contributed by atoms with Crippen molar-refractivity contribution in [3.63, 3.8) is 0 Å². The van der Waals surface area contributed by atoms with Crippen molar-refractivity contribution in [3.05, 3.63) is 12.2 Å². The van der Waals surface area contributed by atoms with Crippen molar-refractivity contribution in [1.29, 1.82) is 0 Å². The lowest BCUT2D eigenvalue weighted by Gasteiger charge is -2.19. The van der Waals surface area contributed by atoms with E-state index in [9.17, 15) is 14.4 Å². The van der Waals surface area contributed by atoms with Crippen LogP contribution in [0, 0.1) is 0 Å². The Kier molecular flexibility index (Phi) is 8.77. The average molecular weight is 282 g/mol. The number of hydrogen-bond donors (Lipinski definition) is 0. The summed E-state index contributed by atoms with van der Waals surface area (Å²) in [5.74, 6) is -0.684. The summed E-state index contributed by atoms with van der Waals surface area (Å²) in [6.45, 7) is 7.20. The molecule has 0 aliphatic heterocycles. The van der Waals surface area contributed by atoms with Gasteiger partial charge in [-0.05, 0) is 40.5 Å². The lowest BCUT2D eigenvalue weighted by atomic mass is 10.1. The zero-order chi connectivity index (χ0) is 15.6. The fourth-order valence-electron chi connectivity index (χ4n) is 1.61. The molecule has 0 heterocycles. The maximum atomic E-state index is 11.6. The van der Waals surface area contributed by atoms with Gasteiger partial charge in [0.05, 0.1) is 0 Å². The second-order valence-electron chi connectivity index (χ2n) is 5.80. The molecule has 20 heavy (non-hydrogen) atoms. The van der Waals surface area contributed by atoms with Crippen molar-refractivity contribution in [2.75, 3.05) is 0 Å². The quantitative estimate of drug-likeness (QED) is 0.281. The van der Waals surface area contributed by atoms with E-state index in [0.29, 0.717) is 6.42 Å². The van der Waals surface area contributed by atoms with Gasteiger partial charge < -0.3 is 4.74 Å². The van der Waals surface area contributed by atoms with Crippen molar-refractivity contribution < 1.29 is 19.1 Å². The minimum absolute atomic E-state index is 0.0760. The first kappa shape index (κ1) is 18.6. The molecule has 4 heteroatoms. The average Bonchev–Trinajstić information content (AvgIpc) is 2.29. The molecule has 0 bridgehead atoms. The van der Waals surface area contributed by atoms with Gasteiger partial charge in [-0.1, -0.05) is 12.2 Å². The Morgan fingerprint density at radius 1 is 1.00 bits per heavy atom. The van der Waals surface area contributed by atoms with Gasteiger partial charge in [-0.3, -0.25) is 14.4 Å². The molecule has 0 saturated heterocycles. The number of rotatable bonds is 9. The Hall–Kier alpha value is -1.45. The first-order valence-corrected chi connectivity index (χ1v) is 7.11. The number of unbranched alkanes of at least 4 members (excludes halogenated alkanes) is 1. The topological polar surface area (TPSA) is 60.4 Å². The van der Waals surface area contributed by atoms with Crippen molar-refractivity contribution in [1.82, 2.24) is 0 Å². The first-order valence-electron chi connectivity index (χ1n) is 7.11. The minimum Gasteiger partial charge on any atom is -0.460 e. The monoisotopic (exact) mass is 282 g/mol. The van der Waals surface area contributed by atoms with Gasteiger partial charge in [-0.25, -0.2) is 0 Å². The molecule has 0 saturated carbocycles. The SMILES string of the molecule is C/C=C/CCCC(=O)CCC(=O)CC(=O)OC(C)(C)C. The van der Waals surface area contributed by atoms with Gasteiger partial charge in [0.15, 0.2) is 0 Å². The van der Waals surface area contributed by atoms with Crippen LogP contribution in [0.25, 0.3) is 0 Å². The van der Waals surface area contributed by atoms with E-state index in [0.717, 1.165) is 12.8 Å². The number of hydrogen-bond acceptors (Lipinski definition) is 4. The van der Waals surface area contributed by atoms with E-state index in [1.54, 1.807) is 20.8 Å². The van der Waals surface area contributed by atoms with Crippen LogP contribution in [0.2, 0.25) is 0 Å². The predicted octanol–water partition coefficient (Wildman–Crippen LogP) is 3.38. The van der Waals surface area contributed by atoms with E-state index in [-0.39, 0.29) is 30.8 Å². The molecule has 0 aliphatic rings. The maximum Gasteiger partial charge on any atom is 0.313 e. The molecule has 0 amide bonds. The Morgan fingerprint density at radius 3 is 2.15 bits per heavy atom. The van der Waals surface area contributed by atoms with Crippen LogP contribution in [0.5, 0.6) is 0 Å². The van der Waals surface area contributed by atoms with Gasteiger partial charge in [0.25, 0.3) is 0 Å². The molecule has 0 aromatic carbocycles. The first-order chi connectivity index (χ1) is 9.24. The summed E-state index contributed by atoms with van der Waals surface area (Å²) in [6.07, 6.45) is 6.25. The van der Waals surface area contributed by atoms with Gasteiger partial charge in [0.2, 0.25) is 0 Å². The minimum atomic E-state index is -0.583. The van der Waals surface area contributed by atoms with Crippen molar-refractivity contribution >= 4 is 17.5 Å². The van der Waals surface area contributed by atoms with Gasteiger partial charge in [-0.2, -0.15) is 0 Å². The Bertz CT molecular complexity index is 361. The van der Waals surface area contributed by atoms with Crippen molar-refractivity contribution in [2.45, 2.75) is 71.8 Å². The molecule has 0 N–H and O–H groups in total. The second-order valence-corrected chi connectivity index (χ2v) is 5.80. The Balaban J connectivity index is 3.82. The molecule has 0 aliphatic carbocycles. The molecule has 0 aromatic rings. The van der Waals surface area contributed by atoms with E-state index >= 15 is 0 Å². The van der Waals surface area contributed by atoms with E-state index in [1.807, 2.05) is 19.1 Å². The highest BCUT2D eigenvalue weighted by molar-refractivity contribution is 5.97. The largest absolute Gasteiger partial charge is 0.460 e. The molecule has 0 rings (SSSR count). The predicted molar refractivity (Wildman–Crippen MR) is 78.4 cm³/mol. The summed E-state index contributed by atoms with van der Waals surface area (Å²) in [5.41, 5.74) is -0.583. The summed E-state index contributed by atoms with van der Waals surface area (Å²) in [4.78, 5) is 34.5. The van der Waals surface area contributed by atoms with Crippen molar-refractivity contribution in [3.8, 4) is 0 Å². The van der Waals surface area contributed by atoms with E-state index < -0.39 is 11.6 Å². The summed E-state index contributed by atoms with van der Waals surface area (Å²) in [6, 6.07) is 0. The van der Waals surface area contributed by atoms with Gasteiger partial charge in [0, 0.05) is 19.3 Å². The molecular weight excluding hydrogens is 256 g/mol. The highest BCUT2D eigenvalue weighted by atomic mass is 16.6. The van der Waals surface area contributed by atoms with Crippen LogP contribution in [0.3, 0.4) is 0 Å². The standard InChI is InChI=1S/C16H26O4/c1-5-6-7-8-9-13(17)10-11-14(18)12-15(19)20-16(2,3)4/h5-6H,7-12H2,1-4H3/b6-5+. The highest BCUT2D eigenvalue weighted by Gasteiger charge is 2.19. The number of ketones is 2. The number of carbonyl (C=O) groups is 3. The zero-order valence-corrected chi connectivity index (χ0v) is 13.0. The van der Waals surface area contributed by atoms with Crippen LogP contribution in [-0.2, 0) is 19.1 Å². The summed E-state index contributed by atoms with van der Waals surface area (Å²) >= 11 is 0. The normalized spacial score (nSPS) is 11.6. The summed E-state index contributed by atoms with van der Waals surface area (Å²) in [7, 11) is 0. The Morgan fingerprint density at radius 2 is 1.60 bits per heavy atom. The lowest BCUT2D eigenvalue weighted by Crippen LogP contribution is -2.25. The molecule has 0 atom stereocenters. The van der Waals surface area contributed by atoms with Crippen LogP contribution in [0.1, 0.15) is 66.2 Å². The van der Waals surface area contributed by atoms with E-state index in [4.69, 9.17) is 4.74 Å².